The minimum Gasteiger partial charge on any atom is -0.339 e. The van der Waals surface area contributed by atoms with Gasteiger partial charge in [0.05, 0.1) is 11.8 Å². The molecule has 0 aromatic heterocycles. The second-order valence-electron chi connectivity index (χ2n) is 7.41. The second-order valence-corrected chi connectivity index (χ2v) is 8.44. The Morgan fingerprint density at radius 2 is 1.64 bits per heavy atom. The van der Waals surface area contributed by atoms with E-state index in [0.29, 0.717) is 5.69 Å². The van der Waals surface area contributed by atoms with Crippen molar-refractivity contribution in [2.24, 2.45) is 11.8 Å². The van der Waals surface area contributed by atoms with Crippen LogP contribution in [0.2, 0.25) is 0 Å². The minimum absolute atomic E-state index is 0.0719. The van der Waals surface area contributed by atoms with Crippen LogP contribution in [-0.4, -0.2) is 53.4 Å². The van der Waals surface area contributed by atoms with Gasteiger partial charge in [0.25, 0.3) is 5.24 Å². The molecule has 2 fully saturated rings. The summed E-state index contributed by atoms with van der Waals surface area (Å²) in [4.78, 5) is 52.3. The van der Waals surface area contributed by atoms with E-state index in [9.17, 15) is 19.2 Å². The summed E-state index contributed by atoms with van der Waals surface area (Å²) in [5.41, 5.74) is 0.611. The SMILES string of the molecule is CN(C)C(=O)Sc1ccc(NC(=O)CCN2C(=O)C3CCCCC3C2=O)cc1. The molecule has 1 saturated heterocycles. The van der Waals surface area contributed by atoms with Crippen LogP contribution in [0.15, 0.2) is 29.2 Å². The number of rotatable bonds is 5. The fourth-order valence-electron chi connectivity index (χ4n) is 3.69. The molecule has 2 atom stereocenters. The number of carbonyl (C=O) groups excluding carboxylic acids is 4. The van der Waals surface area contributed by atoms with Crippen molar-refractivity contribution in [3.05, 3.63) is 24.3 Å². The maximum Gasteiger partial charge on any atom is 0.285 e. The highest BCUT2D eigenvalue weighted by atomic mass is 32.2. The van der Waals surface area contributed by atoms with E-state index in [4.69, 9.17) is 0 Å². The van der Waals surface area contributed by atoms with Gasteiger partial charge < -0.3 is 10.2 Å². The van der Waals surface area contributed by atoms with E-state index in [0.717, 1.165) is 42.3 Å². The topological polar surface area (TPSA) is 86.8 Å². The summed E-state index contributed by atoms with van der Waals surface area (Å²) >= 11 is 1.11. The third-order valence-electron chi connectivity index (χ3n) is 5.20. The zero-order valence-electron chi connectivity index (χ0n) is 16.1. The van der Waals surface area contributed by atoms with Crippen molar-refractivity contribution in [1.29, 1.82) is 0 Å². The lowest BCUT2D eigenvalue weighted by Crippen LogP contribution is -2.34. The van der Waals surface area contributed by atoms with Gasteiger partial charge in [-0.25, -0.2) is 0 Å². The molecular formula is C20H25N3O4S. The number of carbonyl (C=O) groups is 4. The minimum atomic E-state index is -0.250. The number of thioether (sulfide) groups is 1. The number of hydrogen-bond acceptors (Lipinski definition) is 5. The predicted octanol–water partition coefficient (Wildman–Crippen LogP) is 2.96. The van der Waals surface area contributed by atoms with E-state index in [1.165, 1.54) is 9.80 Å². The molecule has 2 unspecified atom stereocenters. The normalized spacial score (nSPS) is 21.4. The molecule has 8 heteroatoms. The van der Waals surface area contributed by atoms with E-state index in [-0.39, 0.29) is 47.8 Å². The van der Waals surface area contributed by atoms with Gasteiger partial charge in [0.15, 0.2) is 0 Å². The highest BCUT2D eigenvalue weighted by Crippen LogP contribution is 2.38. The standard InChI is InChI=1S/C20H25N3O4S/c1-22(2)20(27)28-14-9-7-13(8-10-14)21-17(24)11-12-23-18(25)15-5-3-4-6-16(15)19(23)26/h7-10,15-16H,3-6,11-12H2,1-2H3,(H,21,24). The van der Waals surface area contributed by atoms with Crippen LogP contribution < -0.4 is 5.32 Å². The summed E-state index contributed by atoms with van der Waals surface area (Å²) in [5.74, 6) is -0.845. The summed E-state index contributed by atoms with van der Waals surface area (Å²) in [5, 5.41) is 2.70. The smallest absolute Gasteiger partial charge is 0.285 e. The van der Waals surface area contributed by atoms with E-state index < -0.39 is 0 Å². The van der Waals surface area contributed by atoms with Gasteiger partial charge in [-0.1, -0.05) is 12.8 Å². The first-order valence-corrected chi connectivity index (χ1v) is 10.3. The Labute approximate surface area is 168 Å². The largest absolute Gasteiger partial charge is 0.339 e. The van der Waals surface area contributed by atoms with E-state index in [1.54, 1.807) is 38.4 Å². The fourth-order valence-corrected chi connectivity index (χ4v) is 4.34. The highest BCUT2D eigenvalue weighted by Gasteiger charge is 2.47. The van der Waals surface area contributed by atoms with Gasteiger partial charge in [-0.2, -0.15) is 0 Å². The number of nitrogens with one attached hydrogen (secondary N) is 1. The number of benzene rings is 1. The Bertz CT molecular complexity index is 754. The van der Waals surface area contributed by atoms with Crippen LogP contribution >= 0.6 is 11.8 Å². The maximum atomic E-state index is 12.4. The molecule has 1 heterocycles. The van der Waals surface area contributed by atoms with E-state index in [1.807, 2.05) is 0 Å². The van der Waals surface area contributed by atoms with Crippen molar-refractivity contribution in [1.82, 2.24) is 9.80 Å². The average molecular weight is 404 g/mol. The lowest BCUT2D eigenvalue weighted by atomic mass is 9.81. The first-order chi connectivity index (χ1) is 13.4. The zero-order valence-corrected chi connectivity index (χ0v) is 17.0. The van der Waals surface area contributed by atoms with Gasteiger partial charge in [0.2, 0.25) is 17.7 Å². The first kappa shape index (κ1) is 20.4. The van der Waals surface area contributed by atoms with Crippen LogP contribution in [0.4, 0.5) is 10.5 Å². The molecule has 1 aromatic rings. The van der Waals surface area contributed by atoms with E-state index >= 15 is 0 Å². The molecule has 3 rings (SSSR count). The summed E-state index contributed by atoms with van der Waals surface area (Å²) in [7, 11) is 3.38. The number of likely N-dealkylation sites (tertiary alicyclic amines) is 1. The first-order valence-electron chi connectivity index (χ1n) is 9.51. The van der Waals surface area contributed by atoms with Gasteiger partial charge in [0, 0.05) is 37.6 Å². The lowest BCUT2D eigenvalue weighted by molar-refractivity contribution is -0.140. The Kier molecular flexibility index (Phi) is 6.39. The third kappa shape index (κ3) is 4.55. The number of fused-ring (bicyclic) bond motifs is 1. The Hall–Kier alpha value is -2.35. The van der Waals surface area contributed by atoms with Crippen LogP contribution in [0, 0.1) is 11.8 Å². The Balaban J connectivity index is 1.50. The number of anilines is 1. The molecule has 1 aliphatic heterocycles. The van der Waals surface area contributed by atoms with Crippen molar-refractivity contribution >= 4 is 40.4 Å². The van der Waals surface area contributed by atoms with Gasteiger partial charge >= 0.3 is 0 Å². The molecule has 150 valence electrons. The lowest BCUT2D eigenvalue weighted by Gasteiger charge is -2.19. The molecule has 7 nitrogen and oxygen atoms in total. The van der Waals surface area contributed by atoms with Gasteiger partial charge in [-0.15, -0.1) is 0 Å². The summed E-state index contributed by atoms with van der Waals surface area (Å²) in [6.45, 7) is 0.127. The second kappa shape index (κ2) is 8.77. The number of hydrogen-bond donors (Lipinski definition) is 1. The zero-order chi connectivity index (χ0) is 20.3. The summed E-state index contributed by atoms with van der Waals surface area (Å²) in [6, 6.07) is 6.98. The average Bonchev–Trinajstić information content (AvgIpc) is 2.92. The maximum absolute atomic E-state index is 12.4. The summed E-state index contributed by atoms with van der Waals surface area (Å²) in [6.07, 6.45) is 3.61. The van der Waals surface area contributed by atoms with Crippen LogP contribution in [-0.2, 0) is 14.4 Å². The molecule has 2 aliphatic rings. The Morgan fingerprint density at radius 3 is 2.18 bits per heavy atom. The molecule has 0 spiro atoms. The molecule has 1 N–H and O–H groups in total. The molecular weight excluding hydrogens is 378 g/mol. The summed E-state index contributed by atoms with van der Waals surface area (Å²) < 4.78 is 0. The monoisotopic (exact) mass is 403 g/mol. The van der Waals surface area contributed by atoms with Crippen molar-refractivity contribution in [2.45, 2.75) is 37.0 Å². The molecule has 1 aromatic carbocycles. The Morgan fingerprint density at radius 1 is 1.07 bits per heavy atom. The third-order valence-corrected chi connectivity index (χ3v) is 6.25. The number of nitrogens with zero attached hydrogens (tertiary/aromatic N) is 2. The van der Waals surface area contributed by atoms with E-state index in [2.05, 4.69) is 5.32 Å². The number of imide groups is 1. The molecule has 0 radical (unpaired) electrons. The van der Waals surface area contributed by atoms with Crippen LogP contribution in [0.1, 0.15) is 32.1 Å². The molecule has 1 aliphatic carbocycles. The molecule has 28 heavy (non-hydrogen) atoms. The van der Waals surface area contributed by atoms with Crippen LogP contribution in [0.25, 0.3) is 0 Å². The molecule has 4 amide bonds. The quantitative estimate of drug-likeness (QED) is 0.603. The van der Waals surface area contributed by atoms with Crippen molar-refractivity contribution < 1.29 is 19.2 Å². The van der Waals surface area contributed by atoms with Crippen molar-refractivity contribution in [3.63, 3.8) is 0 Å². The van der Waals surface area contributed by atoms with Gasteiger partial charge in [-0.05, 0) is 48.9 Å². The van der Waals surface area contributed by atoms with Gasteiger partial charge in [-0.3, -0.25) is 24.1 Å². The number of amides is 4. The van der Waals surface area contributed by atoms with Crippen molar-refractivity contribution in [3.8, 4) is 0 Å². The fraction of sp³-hybridized carbons (Fsp3) is 0.500. The molecule has 0 bridgehead atoms. The molecule has 1 saturated carbocycles. The van der Waals surface area contributed by atoms with Crippen LogP contribution in [0.5, 0.6) is 0 Å². The van der Waals surface area contributed by atoms with Gasteiger partial charge in [0.1, 0.15) is 0 Å². The predicted molar refractivity (Wildman–Crippen MR) is 107 cm³/mol. The highest BCUT2D eigenvalue weighted by molar-refractivity contribution is 8.13. The van der Waals surface area contributed by atoms with Crippen LogP contribution in [0.3, 0.4) is 0 Å². The van der Waals surface area contributed by atoms with Crippen molar-refractivity contribution in [2.75, 3.05) is 26.0 Å².